The van der Waals surface area contributed by atoms with Crippen molar-refractivity contribution in [2.75, 3.05) is 0 Å². The Balaban J connectivity index is 1.19. The first-order valence-electron chi connectivity index (χ1n) is 19.1. The molecule has 0 saturated carbocycles. The molecule has 4 aromatic heterocycles. The van der Waals surface area contributed by atoms with Gasteiger partial charge in [0.05, 0.1) is 27.6 Å². The molecule has 0 fully saturated rings. The maximum atomic E-state index is 6.79. The average molecular weight is 702 g/mol. The van der Waals surface area contributed by atoms with Gasteiger partial charge >= 0.3 is 0 Å². The Morgan fingerprint density at radius 3 is 2.05 bits per heavy atom. The normalized spacial score (nSPS) is 13.9. The lowest BCUT2D eigenvalue weighted by Gasteiger charge is -2.15. The molecule has 4 nitrogen and oxygen atoms in total. The number of para-hydroxylation sites is 3. The Morgan fingerprint density at radius 1 is 0.491 bits per heavy atom. The van der Waals surface area contributed by atoms with Gasteiger partial charge in [-0.1, -0.05) is 121 Å². The number of aryl methyl sites for hydroxylation is 1. The zero-order valence-electron chi connectivity index (χ0n) is 29.8. The van der Waals surface area contributed by atoms with Crippen LogP contribution in [0.5, 0.6) is 0 Å². The summed E-state index contributed by atoms with van der Waals surface area (Å²) in [4.78, 5) is 5.73. The van der Waals surface area contributed by atoms with Gasteiger partial charge in [-0.3, -0.25) is 4.57 Å². The lowest BCUT2D eigenvalue weighted by atomic mass is 9.97. The van der Waals surface area contributed by atoms with E-state index >= 15 is 0 Å². The Bertz CT molecular complexity index is 3660. The molecular formula is C51H31N3O. The zero-order chi connectivity index (χ0) is 35.8. The molecule has 8 aromatic carbocycles. The summed E-state index contributed by atoms with van der Waals surface area (Å²) in [5, 5.41) is 13.7. The molecule has 256 valence electrons. The van der Waals surface area contributed by atoms with E-state index in [1.54, 1.807) is 0 Å². The Kier molecular flexibility index (Phi) is 5.71. The van der Waals surface area contributed by atoms with Crippen LogP contribution in [0.15, 0.2) is 173 Å². The van der Waals surface area contributed by atoms with Crippen LogP contribution in [0.25, 0.3) is 98.2 Å². The maximum absolute atomic E-state index is 6.79. The van der Waals surface area contributed by atoms with E-state index in [9.17, 15) is 0 Å². The summed E-state index contributed by atoms with van der Waals surface area (Å²) in [7, 11) is 0. The van der Waals surface area contributed by atoms with E-state index in [4.69, 9.17) is 9.41 Å². The number of allylic oxidation sites excluding steroid dienone is 1. The Hall–Kier alpha value is -7.17. The minimum Gasteiger partial charge on any atom is -0.454 e. The number of aromatic nitrogens is 2. The van der Waals surface area contributed by atoms with E-state index in [0.717, 1.165) is 57.7 Å². The van der Waals surface area contributed by atoms with Crippen LogP contribution in [0, 0.1) is 0 Å². The van der Waals surface area contributed by atoms with Crippen molar-refractivity contribution in [1.29, 1.82) is 0 Å². The molecule has 0 saturated heterocycles. The Labute approximate surface area is 314 Å². The van der Waals surface area contributed by atoms with Crippen LogP contribution in [-0.2, 0) is 6.42 Å². The molecule has 12 aromatic rings. The molecule has 0 spiro atoms. The topological polar surface area (TPSA) is 34.8 Å². The summed E-state index contributed by atoms with van der Waals surface area (Å²) in [6.07, 6.45) is 4.02. The highest BCUT2D eigenvalue weighted by molar-refractivity contribution is 6.38. The standard InChI is InChI=1S/C51H31N3O/c1-2-14-32-28-33(25-24-30(32)12-1)49-51-36(35-16-7-10-22-44(35)55-51)19-11-23-45(52-49)53-40-20-8-5-17-37(40)47-43(53)29-39-46-34-15-4-3-13-31(34)26-27-42(46)54-41-21-9-6-18-38(41)48(47)50(39)54/h1-10,12-18,20-29H,11,19H2. The second-order valence-corrected chi connectivity index (χ2v) is 15.0. The molecule has 0 amide bonds. The molecule has 0 unspecified atom stereocenters. The second kappa shape index (κ2) is 10.7. The zero-order valence-corrected chi connectivity index (χ0v) is 29.8. The number of rotatable bonds is 2. The SMILES string of the molecule is C1=C(n2c3ccccc3c3c4c5ccccc5n5c6ccc7ccccc7c6c(cc32)c45)N=C(c2ccc3ccccc3c2)c2oc3ccccc3c2CC1. The van der Waals surface area contributed by atoms with Crippen LogP contribution in [0.1, 0.15) is 23.3 Å². The third-order valence-electron chi connectivity index (χ3n) is 12.1. The molecule has 0 bridgehead atoms. The van der Waals surface area contributed by atoms with Crippen molar-refractivity contribution in [2.24, 2.45) is 4.99 Å². The van der Waals surface area contributed by atoms with Gasteiger partial charge in [0, 0.05) is 48.8 Å². The van der Waals surface area contributed by atoms with Crippen LogP contribution >= 0.6 is 0 Å². The minimum atomic E-state index is 0.830. The van der Waals surface area contributed by atoms with Crippen LogP contribution < -0.4 is 0 Å². The average Bonchev–Trinajstić information content (AvgIpc) is 3.96. The van der Waals surface area contributed by atoms with E-state index in [-0.39, 0.29) is 0 Å². The van der Waals surface area contributed by atoms with Gasteiger partial charge in [0.15, 0.2) is 5.76 Å². The van der Waals surface area contributed by atoms with Crippen LogP contribution in [-0.4, -0.2) is 14.7 Å². The molecule has 0 radical (unpaired) electrons. The van der Waals surface area contributed by atoms with E-state index in [1.807, 2.05) is 0 Å². The first-order valence-corrected chi connectivity index (χ1v) is 19.1. The van der Waals surface area contributed by atoms with Gasteiger partial charge in [0.2, 0.25) is 0 Å². The van der Waals surface area contributed by atoms with E-state index in [0.29, 0.717) is 0 Å². The van der Waals surface area contributed by atoms with Gasteiger partial charge in [-0.25, -0.2) is 4.99 Å². The number of aliphatic imine (C=N–C) groups is 1. The maximum Gasteiger partial charge on any atom is 0.157 e. The number of furan rings is 1. The molecule has 0 atom stereocenters. The first kappa shape index (κ1) is 29.3. The van der Waals surface area contributed by atoms with Crippen molar-refractivity contribution in [1.82, 2.24) is 8.97 Å². The van der Waals surface area contributed by atoms with Gasteiger partial charge < -0.3 is 8.82 Å². The van der Waals surface area contributed by atoms with Gasteiger partial charge in [0.1, 0.15) is 17.1 Å². The van der Waals surface area contributed by atoms with Crippen molar-refractivity contribution in [3.8, 4) is 0 Å². The molecule has 55 heavy (non-hydrogen) atoms. The smallest absolute Gasteiger partial charge is 0.157 e. The first-order chi connectivity index (χ1) is 27.3. The van der Waals surface area contributed by atoms with Crippen molar-refractivity contribution in [3.05, 3.63) is 181 Å². The van der Waals surface area contributed by atoms with E-state index < -0.39 is 0 Å². The summed E-state index contributed by atoms with van der Waals surface area (Å²) in [5.41, 5.74) is 10.1. The summed E-state index contributed by atoms with van der Waals surface area (Å²) in [5.74, 6) is 1.76. The molecule has 1 aliphatic rings. The van der Waals surface area contributed by atoms with Gasteiger partial charge in [-0.2, -0.15) is 0 Å². The number of hydrogen-bond donors (Lipinski definition) is 0. The van der Waals surface area contributed by atoms with Gasteiger partial charge in [-0.05, 0) is 76.9 Å². The van der Waals surface area contributed by atoms with Crippen molar-refractivity contribution in [3.63, 3.8) is 0 Å². The summed E-state index contributed by atoms with van der Waals surface area (Å²) in [6, 6.07) is 57.2. The number of fused-ring (bicyclic) bond motifs is 16. The fourth-order valence-corrected chi connectivity index (χ4v) is 9.80. The number of nitrogens with zero attached hydrogens (tertiary/aromatic N) is 3. The van der Waals surface area contributed by atoms with Crippen LogP contribution in [0.3, 0.4) is 0 Å². The highest BCUT2D eigenvalue weighted by atomic mass is 16.3. The Morgan fingerprint density at radius 2 is 1.18 bits per heavy atom. The number of benzene rings is 8. The molecule has 4 heteroatoms. The lowest BCUT2D eigenvalue weighted by Crippen LogP contribution is -2.10. The predicted octanol–water partition coefficient (Wildman–Crippen LogP) is 13.3. The summed E-state index contributed by atoms with van der Waals surface area (Å²) in [6.45, 7) is 0. The van der Waals surface area contributed by atoms with Gasteiger partial charge in [-0.15, -0.1) is 0 Å². The number of hydrogen-bond acceptors (Lipinski definition) is 2. The van der Waals surface area contributed by atoms with Gasteiger partial charge in [0.25, 0.3) is 0 Å². The molecule has 0 aliphatic carbocycles. The molecule has 5 heterocycles. The summed E-state index contributed by atoms with van der Waals surface area (Å²) >= 11 is 0. The largest absolute Gasteiger partial charge is 0.454 e. The molecular weight excluding hydrogens is 671 g/mol. The van der Waals surface area contributed by atoms with Crippen molar-refractivity contribution < 1.29 is 4.42 Å². The van der Waals surface area contributed by atoms with Crippen molar-refractivity contribution in [2.45, 2.75) is 12.8 Å². The third kappa shape index (κ3) is 3.88. The highest BCUT2D eigenvalue weighted by Crippen LogP contribution is 2.48. The highest BCUT2D eigenvalue weighted by Gasteiger charge is 2.27. The second-order valence-electron chi connectivity index (χ2n) is 15.0. The third-order valence-corrected chi connectivity index (χ3v) is 12.1. The van der Waals surface area contributed by atoms with E-state index in [1.165, 1.54) is 76.0 Å². The molecule has 1 aliphatic heterocycles. The molecule has 0 N–H and O–H groups in total. The lowest BCUT2D eigenvalue weighted by molar-refractivity contribution is 0.599. The summed E-state index contributed by atoms with van der Waals surface area (Å²) < 4.78 is 11.7. The van der Waals surface area contributed by atoms with Crippen LogP contribution in [0.2, 0.25) is 0 Å². The predicted molar refractivity (Wildman–Crippen MR) is 230 cm³/mol. The van der Waals surface area contributed by atoms with Crippen LogP contribution in [0.4, 0.5) is 0 Å². The quantitative estimate of drug-likeness (QED) is 0.177. The molecule has 13 rings (SSSR count). The van der Waals surface area contributed by atoms with Crippen molar-refractivity contribution >= 4 is 104 Å². The fourth-order valence-electron chi connectivity index (χ4n) is 9.80. The van der Waals surface area contributed by atoms with E-state index in [2.05, 4.69) is 173 Å². The monoisotopic (exact) mass is 701 g/mol. The minimum absolute atomic E-state index is 0.830. The fraction of sp³-hybridized carbons (Fsp3) is 0.0392.